The first-order valence-corrected chi connectivity index (χ1v) is 4.70. The Hall–Kier alpha value is -1.35. The Labute approximate surface area is 83.0 Å². The molecule has 2 rings (SSSR count). The second-order valence-corrected chi connectivity index (χ2v) is 3.63. The first kappa shape index (κ1) is 9.21. The molecule has 1 amide bonds. The van der Waals surface area contributed by atoms with Crippen LogP contribution in [0.2, 0.25) is 0 Å². The van der Waals surface area contributed by atoms with Crippen LogP contribution in [0.1, 0.15) is 18.0 Å². The van der Waals surface area contributed by atoms with Gasteiger partial charge in [-0.3, -0.25) is 4.79 Å². The van der Waals surface area contributed by atoms with Crippen molar-refractivity contribution in [2.45, 2.75) is 18.6 Å². The lowest BCUT2D eigenvalue weighted by Crippen LogP contribution is -2.26. The second-order valence-electron chi connectivity index (χ2n) is 3.63. The maximum absolute atomic E-state index is 11.4. The summed E-state index contributed by atoms with van der Waals surface area (Å²) in [5.41, 5.74) is 1.08. The Morgan fingerprint density at radius 1 is 1.36 bits per heavy atom. The van der Waals surface area contributed by atoms with Crippen molar-refractivity contribution < 1.29 is 9.90 Å². The molecule has 0 radical (unpaired) electrons. The van der Waals surface area contributed by atoms with Gasteiger partial charge in [0.15, 0.2) is 0 Å². The molecule has 14 heavy (non-hydrogen) atoms. The fourth-order valence-corrected chi connectivity index (χ4v) is 1.89. The van der Waals surface area contributed by atoms with Crippen LogP contribution in [0.5, 0.6) is 0 Å². The summed E-state index contributed by atoms with van der Waals surface area (Å²) in [6, 6.07) is 9.81. The number of rotatable bonds is 1. The summed E-state index contributed by atoms with van der Waals surface area (Å²) in [6.45, 7) is 0. The van der Waals surface area contributed by atoms with Gasteiger partial charge in [-0.1, -0.05) is 30.3 Å². The number of likely N-dealkylation sites (N-methyl/N-ethyl adjacent to an activating group) is 1. The van der Waals surface area contributed by atoms with Crippen molar-refractivity contribution in [3.8, 4) is 0 Å². The molecule has 1 aromatic rings. The minimum Gasteiger partial charge on any atom is -0.383 e. The predicted octanol–water partition coefficient (Wildman–Crippen LogP) is 0.951. The molecule has 2 atom stereocenters. The van der Waals surface area contributed by atoms with Gasteiger partial charge in [0.2, 0.25) is 0 Å². The standard InChI is InChI=1S/C11H13NO2/c1-12-9(7-10(13)11(12)14)8-5-3-2-4-6-8/h2-6,9-10,13H,7H2,1H3/t9-,10-/m0/s1. The van der Waals surface area contributed by atoms with Crippen molar-refractivity contribution in [2.24, 2.45) is 0 Å². The van der Waals surface area contributed by atoms with Crippen molar-refractivity contribution in [3.05, 3.63) is 35.9 Å². The molecule has 1 aliphatic heterocycles. The smallest absolute Gasteiger partial charge is 0.251 e. The van der Waals surface area contributed by atoms with Gasteiger partial charge in [-0.15, -0.1) is 0 Å². The average molecular weight is 191 g/mol. The highest BCUT2D eigenvalue weighted by atomic mass is 16.3. The zero-order chi connectivity index (χ0) is 10.1. The van der Waals surface area contributed by atoms with E-state index in [0.29, 0.717) is 6.42 Å². The van der Waals surface area contributed by atoms with E-state index < -0.39 is 6.10 Å². The Morgan fingerprint density at radius 3 is 2.50 bits per heavy atom. The van der Waals surface area contributed by atoms with E-state index in [1.807, 2.05) is 30.3 Å². The Kier molecular flexibility index (Phi) is 2.25. The van der Waals surface area contributed by atoms with Gasteiger partial charge < -0.3 is 10.0 Å². The number of aliphatic hydroxyl groups excluding tert-OH is 1. The van der Waals surface area contributed by atoms with Crippen LogP contribution in [0.4, 0.5) is 0 Å². The molecule has 1 fully saturated rings. The van der Waals surface area contributed by atoms with Crippen LogP contribution in [0, 0.1) is 0 Å². The predicted molar refractivity (Wildman–Crippen MR) is 52.6 cm³/mol. The van der Waals surface area contributed by atoms with Gasteiger partial charge in [0.25, 0.3) is 5.91 Å². The van der Waals surface area contributed by atoms with Crippen LogP contribution in [0.3, 0.4) is 0 Å². The maximum atomic E-state index is 11.4. The Bertz CT molecular complexity index is 336. The first-order chi connectivity index (χ1) is 6.70. The molecule has 0 spiro atoms. The van der Waals surface area contributed by atoms with Crippen molar-refractivity contribution in [1.82, 2.24) is 4.90 Å². The fraction of sp³-hybridized carbons (Fsp3) is 0.364. The molecule has 3 nitrogen and oxygen atoms in total. The van der Waals surface area contributed by atoms with Crippen LogP contribution in [0.25, 0.3) is 0 Å². The third-order valence-corrected chi connectivity index (χ3v) is 2.73. The van der Waals surface area contributed by atoms with Crippen molar-refractivity contribution in [3.63, 3.8) is 0 Å². The zero-order valence-electron chi connectivity index (χ0n) is 8.05. The van der Waals surface area contributed by atoms with Crippen LogP contribution >= 0.6 is 0 Å². The second kappa shape index (κ2) is 3.42. The molecule has 1 aliphatic rings. The lowest BCUT2D eigenvalue weighted by molar-refractivity contribution is -0.134. The molecule has 0 aromatic heterocycles. The number of nitrogens with zero attached hydrogens (tertiary/aromatic N) is 1. The molecule has 0 unspecified atom stereocenters. The minimum absolute atomic E-state index is 0.0266. The van der Waals surface area contributed by atoms with E-state index in [0.717, 1.165) is 5.56 Å². The number of hydrogen-bond acceptors (Lipinski definition) is 2. The lowest BCUT2D eigenvalue weighted by atomic mass is 10.0. The van der Waals surface area contributed by atoms with Gasteiger partial charge in [0, 0.05) is 13.5 Å². The average Bonchev–Trinajstić information content (AvgIpc) is 2.47. The number of likely N-dealkylation sites (tertiary alicyclic amines) is 1. The van der Waals surface area contributed by atoms with Gasteiger partial charge >= 0.3 is 0 Å². The summed E-state index contributed by atoms with van der Waals surface area (Å²) >= 11 is 0. The Balaban J connectivity index is 2.26. The highest BCUT2D eigenvalue weighted by Gasteiger charge is 2.36. The van der Waals surface area contributed by atoms with Crippen molar-refractivity contribution >= 4 is 5.91 Å². The van der Waals surface area contributed by atoms with E-state index >= 15 is 0 Å². The van der Waals surface area contributed by atoms with E-state index in [9.17, 15) is 9.90 Å². The Morgan fingerprint density at radius 2 is 2.00 bits per heavy atom. The van der Waals surface area contributed by atoms with Gasteiger partial charge in [0.05, 0.1) is 6.04 Å². The van der Waals surface area contributed by atoms with Crippen LogP contribution in [0.15, 0.2) is 30.3 Å². The SMILES string of the molecule is CN1C(=O)[C@@H](O)C[C@H]1c1ccccc1. The van der Waals surface area contributed by atoms with Gasteiger partial charge in [-0.05, 0) is 5.56 Å². The number of carbonyl (C=O) groups excluding carboxylic acids is 1. The fourth-order valence-electron chi connectivity index (χ4n) is 1.89. The molecular formula is C11H13NO2. The molecule has 1 N–H and O–H groups in total. The number of benzene rings is 1. The lowest BCUT2D eigenvalue weighted by Gasteiger charge is -2.19. The van der Waals surface area contributed by atoms with E-state index in [1.54, 1.807) is 11.9 Å². The maximum Gasteiger partial charge on any atom is 0.251 e. The summed E-state index contributed by atoms with van der Waals surface area (Å²) in [5, 5.41) is 9.41. The van der Waals surface area contributed by atoms with Crippen LogP contribution < -0.4 is 0 Å². The van der Waals surface area contributed by atoms with E-state index in [1.165, 1.54) is 0 Å². The van der Waals surface area contributed by atoms with E-state index in [2.05, 4.69) is 0 Å². The molecule has 3 heteroatoms. The number of carbonyl (C=O) groups is 1. The van der Waals surface area contributed by atoms with Gasteiger partial charge in [-0.25, -0.2) is 0 Å². The summed E-state index contributed by atoms with van der Waals surface area (Å²) in [7, 11) is 1.73. The molecule has 1 saturated heterocycles. The van der Waals surface area contributed by atoms with Crippen molar-refractivity contribution in [1.29, 1.82) is 0 Å². The number of amides is 1. The minimum atomic E-state index is -0.829. The third-order valence-electron chi connectivity index (χ3n) is 2.73. The summed E-state index contributed by atoms with van der Waals surface area (Å²) in [4.78, 5) is 13.0. The van der Waals surface area contributed by atoms with Gasteiger partial charge in [-0.2, -0.15) is 0 Å². The quantitative estimate of drug-likeness (QED) is 0.718. The van der Waals surface area contributed by atoms with Crippen LogP contribution in [-0.2, 0) is 4.79 Å². The normalized spacial score (nSPS) is 27.0. The van der Waals surface area contributed by atoms with E-state index in [4.69, 9.17) is 0 Å². The van der Waals surface area contributed by atoms with Crippen LogP contribution in [-0.4, -0.2) is 29.1 Å². The molecule has 0 saturated carbocycles. The molecule has 74 valence electrons. The molecular weight excluding hydrogens is 178 g/mol. The molecule has 0 bridgehead atoms. The first-order valence-electron chi connectivity index (χ1n) is 4.70. The highest BCUT2D eigenvalue weighted by Crippen LogP contribution is 2.31. The van der Waals surface area contributed by atoms with Gasteiger partial charge in [0.1, 0.15) is 6.10 Å². The summed E-state index contributed by atoms with van der Waals surface area (Å²) < 4.78 is 0. The molecule has 1 heterocycles. The van der Waals surface area contributed by atoms with Crippen molar-refractivity contribution in [2.75, 3.05) is 7.05 Å². The number of aliphatic hydroxyl groups is 1. The zero-order valence-corrected chi connectivity index (χ0v) is 8.05. The monoisotopic (exact) mass is 191 g/mol. The van der Waals surface area contributed by atoms with E-state index in [-0.39, 0.29) is 11.9 Å². The molecule has 1 aromatic carbocycles. The topological polar surface area (TPSA) is 40.5 Å². The number of hydrogen-bond donors (Lipinski definition) is 1. The largest absolute Gasteiger partial charge is 0.383 e. The highest BCUT2D eigenvalue weighted by molar-refractivity contribution is 5.83. The third kappa shape index (κ3) is 1.40. The summed E-state index contributed by atoms with van der Waals surface area (Å²) in [5.74, 6) is -0.182. The summed E-state index contributed by atoms with van der Waals surface area (Å²) in [6.07, 6.45) is -0.329. The molecule has 0 aliphatic carbocycles.